The summed E-state index contributed by atoms with van der Waals surface area (Å²) >= 11 is 1.07. The monoisotopic (exact) mass is 411 g/mol. The molecule has 0 aliphatic rings. The number of benzene rings is 2. The van der Waals surface area contributed by atoms with Gasteiger partial charge in [-0.25, -0.2) is 13.8 Å². The van der Waals surface area contributed by atoms with Gasteiger partial charge in [0.15, 0.2) is 0 Å². The highest BCUT2D eigenvalue weighted by molar-refractivity contribution is 7.20. The van der Waals surface area contributed by atoms with Gasteiger partial charge in [0.1, 0.15) is 16.5 Å². The zero-order chi connectivity index (χ0) is 20.5. The van der Waals surface area contributed by atoms with Crippen LogP contribution in [0, 0.1) is 18.6 Å². The topological polar surface area (TPSA) is 64.0 Å². The molecule has 2 aromatic carbocycles. The molecule has 0 saturated carbocycles. The fourth-order valence-electron chi connectivity index (χ4n) is 3.06. The number of halogens is 2. The summed E-state index contributed by atoms with van der Waals surface area (Å²) in [4.78, 5) is 30.6. The first-order valence-electron chi connectivity index (χ1n) is 8.73. The van der Waals surface area contributed by atoms with Crippen LogP contribution < -0.4 is 10.9 Å². The van der Waals surface area contributed by atoms with Crippen molar-refractivity contribution in [3.05, 3.63) is 92.9 Å². The molecule has 2 aromatic heterocycles. The molecule has 1 N–H and O–H groups in total. The van der Waals surface area contributed by atoms with E-state index in [-0.39, 0.29) is 28.5 Å². The van der Waals surface area contributed by atoms with Gasteiger partial charge in [-0.2, -0.15) is 0 Å². The van der Waals surface area contributed by atoms with Gasteiger partial charge >= 0.3 is 0 Å². The molecule has 0 aliphatic carbocycles. The largest absolute Gasteiger partial charge is 0.319 e. The highest BCUT2D eigenvalue weighted by Crippen LogP contribution is 2.28. The normalized spacial score (nSPS) is 11.0. The first kappa shape index (κ1) is 18.9. The summed E-state index contributed by atoms with van der Waals surface area (Å²) in [6.45, 7) is 1.82. The quantitative estimate of drug-likeness (QED) is 0.543. The molecule has 5 nitrogen and oxygen atoms in total. The van der Waals surface area contributed by atoms with Crippen molar-refractivity contribution in [2.24, 2.45) is 0 Å². The van der Waals surface area contributed by atoms with Crippen LogP contribution in [0.3, 0.4) is 0 Å². The summed E-state index contributed by atoms with van der Waals surface area (Å²) in [6.07, 6.45) is 1.38. The number of nitrogens with one attached hydrogen (secondary N) is 1. The van der Waals surface area contributed by atoms with Gasteiger partial charge in [-0.15, -0.1) is 11.3 Å². The summed E-state index contributed by atoms with van der Waals surface area (Å²) in [7, 11) is 0. The first-order chi connectivity index (χ1) is 13.9. The summed E-state index contributed by atoms with van der Waals surface area (Å²) in [5, 5.41) is 2.85. The van der Waals surface area contributed by atoms with Gasteiger partial charge in [-0.1, -0.05) is 24.3 Å². The van der Waals surface area contributed by atoms with Crippen LogP contribution in [-0.2, 0) is 6.54 Å². The lowest BCUT2D eigenvalue weighted by Gasteiger charge is -2.06. The first-order valence-corrected chi connectivity index (χ1v) is 9.54. The number of fused-ring (bicyclic) bond motifs is 1. The Kier molecular flexibility index (Phi) is 4.94. The van der Waals surface area contributed by atoms with E-state index in [0.717, 1.165) is 11.3 Å². The third-order valence-corrected chi connectivity index (χ3v) is 5.69. The molecule has 1 amide bonds. The molecule has 0 fully saturated rings. The molecule has 2 heterocycles. The minimum absolute atomic E-state index is 0.0610. The Morgan fingerprint density at radius 2 is 1.97 bits per heavy atom. The van der Waals surface area contributed by atoms with Crippen LogP contribution in [0.5, 0.6) is 0 Å². The summed E-state index contributed by atoms with van der Waals surface area (Å²) in [5.41, 5.74) is 0.840. The van der Waals surface area contributed by atoms with Gasteiger partial charge in [-0.05, 0) is 42.3 Å². The van der Waals surface area contributed by atoms with E-state index in [2.05, 4.69) is 10.3 Å². The van der Waals surface area contributed by atoms with Crippen molar-refractivity contribution in [1.29, 1.82) is 0 Å². The third kappa shape index (κ3) is 3.66. The molecule has 0 atom stereocenters. The SMILES string of the molecule is Cc1c(C(=O)Nc2ccccc2F)sc2ncn(Cc3cccc(F)c3)c(=O)c12. The van der Waals surface area contributed by atoms with E-state index in [4.69, 9.17) is 0 Å². The lowest BCUT2D eigenvalue weighted by atomic mass is 10.2. The van der Waals surface area contributed by atoms with Gasteiger partial charge in [0.2, 0.25) is 0 Å². The Labute approximate surface area is 168 Å². The predicted molar refractivity (Wildman–Crippen MR) is 108 cm³/mol. The van der Waals surface area contributed by atoms with E-state index in [0.29, 0.717) is 21.3 Å². The Morgan fingerprint density at radius 3 is 2.72 bits per heavy atom. The smallest absolute Gasteiger partial charge is 0.266 e. The van der Waals surface area contributed by atoms with Crippen LogP contribution in [0.1, 0.15) is 20.8 Å². The molecule has 8 heteroatoms. The molecule has 4 rings (SSSR count). The van der Waals surface area contributed by atoms with Crippen molar-refractivity contribution in [3.8, 4) is 0 Å². The number of para-hydroxylation sites is 1. The van der Waals surface area contributed by atoms with Gasteiger partial charge < -0.3 is 5.32 Å². The van der Waals surface area contributed by atoms with Gasteiger partial charge in [0.05, 0.1) is 28.8 Å². The number of carbonyl (C=O) groups is 1. The number of hydrogen-bond acceptors (Lipinski definition) is 4. The van der Waals surface area contributed by atoms with E-state index in [1.165, 1.54) is 41.2 Å². The molecule has 146 valence electrons. The van der Waals surface area contributed by atoms with Crippen molar-refractivity contribution in [2.45, 2.75) is 13.5 Å². The second-order valence-corrected chi connectivity index (χ2v) is 7.48. The lowest BCUT2D eigenvalue weighted by molar-refractivity contribution is 0.102. The highest BCUT2D eigenvalue weighted by atomic mass is 32.1. The number of aromatic nitrogens is 2. The number of amides is 1. The van der Waals surface area contributed by atoms with E-state index >= 15 is 0 Å². The number of thiophene rings is 1. The van der Waals surface area contributed by atoms with E-state index in [1.54, 1.807) is 25.1 Å². The Hall–Kier alpha value is -3.39. The van der Waals surface area contributed by atoms with Crippen LogP contribution in [-0.4, -0.2) is 15.5 Å². The molecule has 4 aromatic rings. The molecule has 0 spiro atoms. The predicted octanol–water partition coefficient (Wildman–Crippen LogP) is 4.35. The molecular weight excluding hydrogens is 396 g/mol. The van der Waals surface area contributed by atoms with E-state index < -0.39 is 11.7 Å². The number of hydrogen-bond donors (Lipinski definition) is 1. The van der Waals surface area contributed by atoms with Crippen molar-refractivity contribution in [3.63, 3.8) is 0 Å². The average Bonchev–Trinajstić information content (AvgIpc) is 3.03. The molecule has 0 bridgehead atoms. The molecule has 0 unspecified atom stereocenters. The van der Waals surface area contributed by atoms with Crippen LogP contribution >= 0.6 is 11.3 Å². The van der Waals surface area contributed by atoms with Crippen LogP contribution in [0.25, 0.3) is 10.2 Å². The van der Waals surface area contributed by atoms with Gasteiger partial charge in [0, 0.05) is 0 Å². The third-order valence-electron chi connectivity index (χ3n) is 4.49. The molecule has 0 aliphatic heterocycles. The fraction of sp³-hybridized carbons (Fsp3) is 0.0952. The second kappa shape index (κ2) is 7.56. The molecule has 29 heavy (non-hydrogen) atoms. The number of rotatable bonds is 4. The number of carbonyl (C=O) groups excluding carboxylic acids is 1. The minimum atomic E-state index is -0.546. The maximum atomic E-state index is 13.8. The average molecular weight is 411 g/mol. The van der Waals surface area contributed by atoms with Crippen LogP contribution in [0.2, 0.25) is 0 Å². The van der Waals surface area contributed by atoms with Gasteiger partial charge in [0.25, 0.3) is 11.5 Å². The zero-order valence-corrected chi connectivity index (χ0v) is 16.1. The Bertz CT molecular complexity index is 1300. The van der Waals surface area contributed by atoms with Crippen molar-refractivity contribution in [1.82, 2.24) is 9.55 Å². The lowest BCUT2D eigenvalue weighted by Crippen LogP contribution is -2.21. The molecular formula is C21H15F2N3O2S. The summed E-state index contributed by atoms with van der Waals surface area (Å²) < 4.78 is 28.6. The van der Waals surface area contributed by atoms with Crippen molar-refractivity contribution >= 4 is 33.1 Å². The Morgan fingerprint density at radius 1 is 1.17 bits per heavy atom. The Balaban J connectivity index is 1.70. The van der Waals surface area contributed by atoms with Crippen LogP contribution in [0.4, 0.5) is 14.5 Å². The molecule has 0 radical (unpaired) electrons. The zero-order valence-electron chi connectivity index (χ0n) is 15.3. The van der Waals surface area contributed by atoms with Crippen molar-refractivity contribution in [2.75, 3.05) is 5.32 Å². The number of nitrogens with zero attached hydrogens (tertiary/aromatic N) is 2. The maximum Gasteiger partial charge on any atom is 0.266 e. The second-order valence-electron chi connectivity index (χ2n) is 6.48. The summed E-state index contributed by atoms with van der Waals surface area (Å²) in [5.74, 6) is -1.44. The van der Waals surface area contributed by atoms with Crippen LogP contribution in [0.15, 0.2) is 59.7 Å². The number of aryl methyl sites for hydroxylation is 1. The maximum absolute atomic E-state index is 13.8. The minimum Gasteiger partial charge on any atom is -0.319 e. The van der Waals surface area contributed by atoms with Crippen molar-refractivity contribution < 1.29 is 13.6 Å². The van der Waals surface area contributed by atoms with E-state index in [9.17, 15) is 18.4 Å². The molecule has 0 saturated heterocycles. The standard InChI is InChI=1S/C21H15F2N3O2S/c1-12-17-20(29-18(12)19(27)25-16-8-3-2-7-15(16)23)24-11-26(21(17)28)10-13-5-4-6-14(22)9-13/h2-9,11H,10H2,1H3,(H,25,27). The van der Waals surface area contributed by atoms with Gasteiger partial charge in [-0.3, -0.25) is 14.2 Å². The fourth-order valence-corrected chi connectivity index (χ4v) is 4.10. The van der Waals surface area contributed by atoms with E-state index in [1.807, 2.05) is 0 Å². The number of anilines is 1. The highest BCUT2D eigenvalue weighted by Gasteiger charge is 2.20. The summed E-state index contributed by atoms with van der Waals surface area (Å²) in [6, 6.07) is 11.8.